The summed E-state index contributed by atoms with van der Waals surface area (Å²) in [5.74, 6) is 1.47. The van der Waals surface area contributed by atoms with E-state index in [4.69, 9.17) is 4.74 Å². The number of hydrogen-bond donors (Lipinski definition) is 1. The van der Waals surface area contributed by atoms with Crippen LogP contribution in [0.5, 0.6) is 0 Å². The van der Waals surface area contributed by atoms with E-state index < -0.39 is 11.4 Å². The van der Waals surface area contributed by atoms with Crippen molar-refractivity contribution in [1.29, 1.82) is 0 Å². The second-order valence-electron chi connectivity index (χ2n) is 6.71. The van der Waals surface area contributed by atoms with Crippen LogP contribution < -0.4 is 0 Å². The van der Waals surface area contributed by atoms with Gasteiger partial charge >= 0.3 is 5.97 Å². The van der Waals surface area contributed by atoms with Crippen LogP contribution in [0.4, 0.5) is 0 Å². The summed E-state index contributed by atoms with van der Waals surface area (Å²) in [6.07, 6.45) is 4.77. The molecule has 1 saturated heterocycles. The molecule has 2 saturated carbocycles. The first kappa shape index (κ1) is 12.5. The van der Waals surface area contributed by atoms with Crippen molar-refractivity contribution in [3.05, 3.63) is 0 Å². The molecule has 0 aromatic heterocycles. The van der Waals surface area contributed by atoms with Gasteiger partial charge in [-0.05, 0) is 56.3 Å². The van der Waals surface area contributed by atoms with E-state index >= 15 is 0 Å². The maximum absolute atomic E-state index is 11.6. The van der Waals surface area contributed by atoms with E-state index in [1.54, 1.807) is 0 Å². The molecule has 3 aliphatic rings. The Bertz CT molecular complexity index is 367. The van der Waals surface area contributed by atoms with E-state index in [1.807, 2.05) is 6.92 Å². The van der Waals surface area contributed by atoms with Gasteiger partial charge in [0.05, 0.1) is 17.6 Å². The summed E-state index contributed by atoms with van der Waals surface area (Å²) in [7, 11) is 0. The summed E-state index contributed by atoms with van der Waals surface area (Å²) < 4.78 is 6.19. The van der Waals surface area contributed by atoms with Gasteiger partial charge in [0.2, 0.25) is 0 Å². The lowest BCUT2D eigenvalue weighted by Crippen LogP contribution is -2.43. The summed E-state index contributed by atoms with van der Waals surface area (Å²) in [6.45, 7) is 6.33. The summed E-state index contributed by atoms with van der Waals surface area (Å²) in [5.41, 5.74) is -0.495. The van der Waals surface area contributed by atoms with Crippen LogP contribution in [-0.4, -0.2) is 23.3 Å². The molecule has 1 N–H and O–H groups in total. The first-order valence-electron chi connectivity index (χ1n) is 7.41. The Kier molecular flexibility index (Phi) is 2.74. The number of aliphatic carboxylic acids is 1. The lowest BCUT2D eigenvalue weighted by Gasteiger charge is -2.38. The zero-order valence-corrected chi connectivity index (χ0v) is 11.6. The van der Waals surface area contributed by atoms with Crippen LogP contribution >= 0.6 is 0 Å². The minimum atomic E-state index is -0.594. The van der Waals surface area contributed by atoms with Crippen molar-refractivity contribution in [3.63, 3.8) is 0 Å². The Morgan fingerprint density at radius 2 is 1.89 bits per heavy atom. The van der Waals surface area contributed by atoms with Crippen molar-refractivity contribution in [2.45, 2.75) is 58.7 Å². The van der Waals surface area contributed by atoms with Crippen molar-refractivity contribution < 1.29 is 14.6 Å². The number of rotatable bonds is 3. The van der Waals surface area contributed by atoms with Crippen LogP contribution in [0.15, 0.2) is 0 Å². The van der Waals surface area contributed by atoms with Crippen LogP contribution in [0.3, 0.4) is 0 Å². The van der Waals surface area contributed by atoms with E-state index in [-0.39, 0.29) is 0 Å². The number of carboxylic acid groups (broad SMARTS) is 1. The third-order valence-electron chi connectivity index (χ3n) is 6.02. The smallest absolute Gasteiger partial charge is 0.309 e. The minimum Gasteiger partial charge on any atom is -0.481 e. The molecule has 1 heterocycles. The molecule has 3 fully saturated rings. The van der Waals surface area contributed by atoms with Crippen LogP contribution in [0, 0.1) is 29.1 Å². The zero-order valence-electron chi connectivity index (χ0n) is 11.6. The fourth-order valence-corrected chi connectivity index (χ4v) is 5.27. The molecule has 0 aromatic rings. The van der Waals surface area contributed by atoms with E-state index in [0.29, 0.717) is 35.9 Å². The van der Waals surface area contributed by atoms with Crippen molar-refractivity contribution in [2.75, 3.05) is 0 Å². The highest BCUT2D eigenvalue weighted by molar-refractivity contribution is 5.75. The Morgan fingerprint density at radius 1 is 1.28 bits per heavy atom. The standard InChI is InChI=1S/C15H24O3/c1-4-10-12-8-6-9(13(12)11(5-2)18-10)15(3,7-8)14(16)17/h8-13H,4-7H2,1-3H3,(H,16,17). The van der Waals surface area contributed by atoms with Crippen LogP contribution in [0.2, 0.25) is 0 Å². The summed E-state index contributed by atoms with van der Waals surface area (Å²) in [4.78, 5) is 11.6. The third kappa shape index (κ3) is 1.37. The quantitative estimate of drug-likeness (QED) is 0.840. The molecule has 0 spiro atoms. The fraction of sp³-hybridized carbons (Fsp3) is 0.933. The van der Waals surface area contributed by atoms with E-state index in [1.165, 1.54) is 0 Å². The minimum absolute atomic E-state index is 0.300. The van der Waals surface area contributed by atoms with Gasteiger partial charge in [0.25, 0.3) is 0 Å². The molecule has 1 aliphatic heterocycles. The van der Waals surface area contributed by atoms with Crippen molar-refractivity contribution in [2.24, 2.45) is 29.1 Å². The van der Waals surface area contributed by atoms with Gasteiger partial charge in [0, 0.05) is 0 Å². The van der Waals surface area contributed by atoms with Crippen LogP contribution in [-0.2, 0) is 9.53 Å². The highest BCUT2D eigenvalue weighted by Gasteiger charge is 2.66. The number of carboxylic acids is 1. The molecular weight excluding hydrogens is 228 g/mol. The third-order valence-corrected chi connectivity index (χ3v) is 6.02. The molecule has 2 bridgehead atoms. The molecule has 2 aliphatic carbocycles. The molecule has 7 atom stereocenters. The maximum atomic E-state index is 11.6. The van der Waals surface area contributed by atoms with E-state index in [9.17, 15) is 9.90 Å². The van der Waals surface area contributed by atoms with Gasteiger partial charge < -0.3 is 9.84 Å². The van der Waals surface area contributed by atoms with Gasteiger partial charge in [0.15, 0.2) is 0 Å². The average molecular weight is 252 g/mol. The topological polar surface area (TPSA) is 46.5 Å². The summed E-state index contributed by atoms with van der Waals surface area (Å²) >= 11 is 0. The van der Waals surface area contributed by atoms with Crippen molar-refractivity contribution in [1.82, 2.24) is 0 Å². The Morgan fingerprint density at radius 3 is 2.44 bits per heavy atom. The second-order valence-corrected chi connectivity index (χ2v) is 6.71. The number of ether oxygens (including phenoxy) is 1. The normalized spacial score (nSPS) is 53.7. The predicted octanol–water partition coefficient (Wildman–Crippen LogP) is 2.94. The molecule has 3 heteroatoms. The fourth-order valence-electron chi connectivity index (χ4n) is 5.27. The Balaban J connectivity index is 1.92. The maximum Gasteiger partial charge on any atom is 0.309 e. The largest absolute Gasteiger partial charge is 0.481 e. The zero-order chi connectivity index (χ0) is 13.1. The lowest BCUT2D eigenvalue weighted by atomic mass is 9.63. The summed E-state index contributed by atoms with van der Waals surface area (Å²) in [5, 5.41) is 9.56. The second kappa shape index (κ2) is 3.96. The van der Waals surface area contributed by atoms with Crippen LogP contribution in [0.1, 0.15) is 46.5 Å². The molecule has 3 rings (SSSR count). The van der Waals surface area contributed by atoms with Crippen LogP contribution in [0.25, 0.3) is 0 Å². The van der Waals surface area contributed by atoms with Gasteiger partial charge in [-0.15, -0.1) is 0 Å². The van der Waals surface area contributed by atoms with E-state index in [2.05, 4.69) is 13.8 Å². The highest BCUT2D eigenvalue weighted by Crippen LogP contribution is 2.66. The molecule has 0 amide bonds. The van der Waals surface area contributed by atoms with Crippen molar-refractivity contribution >= 4 is 5.97 Å². The highest BCUT2D eigenvalue weighted by atomic mass is 16.5. The molecule has 0 radical (unpaired) electrons. The van der Waals surface area contributed by atoms with Gasteiger partial charge in [-0.25, -0.2) is 0 Å². The molecule has 102 valence electrons. The molecule has 7 unspecified atom stereocenters. The predicted molar refractivity (Wildman–Crippen MR) is 68.2 cm³/mol. The first-order chi connectivity index (χ1) is 8.52. The monoisotopic (exact) mass is 252 g/mol. The van der Waals surface area contributed by atoms with Crippen molar-refractivity contribution in [3.8, 4) is 0 Å². The first-order valence-corrected chi connectivity index (χ1v) is 7.41. The molecule has 0 aromatic carbocycles. The lowest BCUT2D eigenvalue weighted by molar-refractivity contribution is -0.153. The average Bonchev–Trinajstić information content (AvgIpc) is 2.96. The molecular formula is C15H24O3. The van der Waals surface area contributed by atoms with Gasteiger partial charge in [-0.1, -0.05) is 13.8 Å². The van der Waals surface area contributed by atoms with Gasteiger partial charge in [-0.2, -0.15) is 0 Å². The van der Waals surface area contributed by atoms with E-state index in [0.717, 1.165) is 25.7 Å². The SMILES string of the molecule is CCC1OC(CC)C2C1C1CC2C(C)(C(=O)O)C1. The van der Waals surface area contributed by atoms with Gasteiger partial charge in [-0.3, -0.25) is 4.79 Å². The number of carbonyl (C=O) groups is 1. The molecule has 3 nitrogen and oxygen atoms in total. The molecule has 18 heavy (non-hydrogen) atoms. The summed E-state index contributed by atoms with van der Waals surface area (Å²) in [6, 6.07) is 0. The van der Waals surface area contributed by atoms with Gasteiger partial charge in [0.1, 0.15) is 0 Å². The Hall–Kier alpha value is -0.570. The number of hydrogen-bond acceptors (Lipinski definition) is 2. The number of fused-ring (bicyclic) bond motifs is 5. The Labute approximate surface area is 109 Å².